The molecule has 1 aromatic heterocycles. The molecule has 5 heteroatoms. The van der Waals surface area contributed by atoms with E-state index in [1.54, 1.807) is 18.5 Å². The minimum Gasteiger partial charge on any atom is -0.324 e. The zero-order valence-electron chi connectivity index (χ0n) is 15.0. The van der Waals surface area contributed by atoms with E-state index in [1.165, 1.54) is 18.2 Å². The number of rotatable bonds is 6. The van der Waals surface area contributed by atoms with E-state index >= 15 is 0 Å². The van der Waals surface area contributed by atoms with Crippen LogP contribution in [0.3, 0.4) is 0 Å². The van der Waals surface area contributed by atoms with E-state index in [0.29, 0.717) is 6.61 Å². The van der Waals surface area contributed by atoms with Crippen molar-refractivity contribution in [1.29, 1.82) is 0 Å². The summed E-state index contributed by atoms with van der Waals surface area (Å²) < 4.78 is 1.87. The van der Waals surface area contributed by atoms with Crippen molar-refractivity contribution in [1.82, 2.24) is 10.0 Å². The van der Waals surface area contributed by atoms with Crippen LogP contribution in [-0.2, 0) is 16.2 Å². The highest BCUT2D eigenvalue weighted by molar-refractivity contribution is 5.91. The maximum Gasteiger partial charge on any atom is 0.267 e. The second kappa shape index (κ2) is 8.78. The standard InChI is InChI=1S/C22H20N2O3/c1-17-15-20(24-13-11-21(25)12-14-24)9-7-19(17)8-10-22(26)23-27-16-18-5-3-2-4-6-18/h2-15H,16H2,1H3,(H,23,26). The van der Waals surface area contributed by atoms with Gasteiger partial charge < -0.3 is 4.57 Å². The number of carbonyl (C=O) groups is 1. The third-order valence-electron chi connectivity index (χ3n) is 4.02. The molecule has 0 radical (unpaired) electrons. The predicted molar refractivity (Wildman–Crippen MR) is 105 cm³/mol. The fourth-order valence-electron chi connectivity index (χ4n) is 2.56. The van der Waals surface area contributed by atoms with E-state index in [0.717, 1.165) is 22.4 Å². The van der Waals surface area contributed by atoms with Crippen molar-refractivity contribution in [2.45, 2.75) is 13.5 Å². The summed E-state index contributed by atoms with van der Waals surface area (Å²) >= 11 is 0. The second-order valence-electron chi connectivity index (χ2n) is 6.06. The Kier molecular flexibility index (Phi) is 5.97. The van der Waals surface area contributed by atoms with E-state index < -0.39 is 0 Å². The Balaban J connectivity index is 1.58. The molecule has 2 aromatic carbocycles. The second-order valence-corrected chi connectivity index (χ2v) is 6.06. The highest BCUT2D eigenvalue weighted by Gasteiger charge is 2.01. The Morgan fingerprint density at radius 2 is 1.81 bits per heavy atom. The molecule has 1 heterocycles. The molecule has 0 aliphatic carbocycles. The smallest absolute Gasteiger partial charge is 0.267 e. The molecule has 5 nitrogen and oxygen atoms in total. The number of hydrogen-bond acceptors (Lipinski definition) is 3. The number of aromatic nitrogens is 1. The summed E-state index contributed by atoms with van der Waals surface area (Å²) in [6.07, 6.45) is 6.63. The van der Waals surface area contributed by atoms with Crippen LogP contribution in [0.2, 0.25) is 0 Å². The van der Waals surface area contributed by atoms with Gasteiger partial charge in [0.2, 0.25) is 0 Å². The van der Waals surface area contributed by atoms with Gasteiger partial charge in [-0.2, -0.15) is 0 Å². The summed E-state index contributed by atoms with van der Waals surface area (Å²) in [4.78, 5) is 28.3. The number of nitrogens with one attached hydrogen (secondary N) is 1. The van der Waals surface area contributed by atoms with Gasteiger partial charge in [-0.3, -0.25) is 14.4 Å². The van der Waals surface area contributed by atoms with E-state index in [2.05, 4.69) is 5.48 Å². The summed E-state index contributed by atoms with van der Waals surface area (Å²) in [6.45, 7) is 2.28. The Morgan fingerprint density at radius 3 is 2.52 bits per heavy atom. The predicted octanol–water partition coefficient (Wildman–Crippen LogP) is 3.41. The van der Waals surface area contributed by atoms with Gasteiger partial charge in [-0.25, -0.2) is 5.48 Å². The summed E-state index contributed by atoms with van der Waals surface area (Å²) in [5.74, 6) is -0.324. The number of benzene rings is 2. The number of aryl methyl sites for hydroxylation is 1. The summed E-state index contributed by atoms with van der Waals surface area (Å²) in [5.41, 5.74) is 6.25. The lowest BCUT2D eigenvalue weighted by Crippen LogP contribution is -2.21. The maximum absolute atomic E-state index is 11.9. The van der Waals surface area contributed by atoms with Gasteiger partial charge >= 0.3 is 0 Å². The maximum atomic E-state index is 11.9. The van der Waals surface area contributed by atoms with E-state index in [-0.39, 0.29) is 11.3 Å². The number of hydroxylamine groups is 1. The number of hydrogen-bond donors (Lipinski definition) is 1. The van der Waals surface area contributed by atoms with Gasteiger partial charge in [0.25, 0.3) is 5.91 Å². The third-order valence-corrected chi connectivity index (χ3v) is 4.02. The number of nitrogens with zero attached hydrogens (tertiary/aromatic N) is 1. The van der Waals surface area contributed by atoms with Crippen molar-refractivity contribution in [2.24, 2.45) is 0 Å². The van der Waals surface area contributed by atoms with Crippen LogP contribution >= 0.6 is 0 Å². The lowest BCUT2D eigenvalue weighted by atomic mass is 10.1. The largest absolute Gasteiger partial charge is 0.324 e. The van der Waals surface area contributed by atoms with Crippen molar-refractivity contribution in [3.8, 4) is 5.69 Å². The van der Waals surface area contributed by atoms with Crippen LogP contribution in [0.25, 0.3) is 11.8 Å². The molecule has 1 N–H and O–H groups in total. The van der Waals surface area contributed by atoms with Gasteiger partial charge in [0.05, 0.1) is 6.61 Å². The first-order valence-electron chi connectivity index (χ1n) is 8.55. The molecule has 0 saturated heterocycles. The average Bonchev–Trinajstić information content (AvgIpc) is 2.68. The zero-order chi connectivity index (χ0) is 19.1. The summed E-state index contributed by atoms with van der Waals surface area (Å²) in [5, 5.41) is 0. The first-order chi connectivity index (χ1) is 13.1. The molecule has 0 unspecified atom stereocenters. The summed E-state index contributed by atoms with van der Waals surface area (Å²) in [7, 11) is 0. The highest BCUT2D eigenvalue weighted by Crippen LogP contribution is 2.15. The molecule has 27 heavy (non-hydrogen) atoms. The minimum absolute atomic E-state index is 0.0250. The Hall–Kier alpha value is -3.44. The fraction of sp³-hybridized carbons (Fsp3) is 0.0909. The zero-order valence-corrected chi connectivity index (χ0v) is 15.0. The van der Waals surface area contributed by atoms with E-state index in [4.69, 9.17) is 4.84 Å². The molecule has 1 amide bonds. The monoisotopic (exact) mass is 360 g/mol. The van der Waals surface area contributed by atoms with Crippen molar-refractivity contribution in [2.75, 3.05) is 0 Å². The molecular weight excluding hydrogens is 340 g/mol. The van der Waals surface area contributed by atoms with E-state index in [1.807, 2.05) is 60.0 Å². The molecule has 0 spiro atoms. The molecule has 0 saturated carbocycles. The topological polar surface area (TPSA) is 60.3 Å². The van der Waals surface area contributed by atoms with Crippen LogP contribution in [0.4, 0.5) is 0 Å². The highest BCUT2D eigenvalue weighted by atomic mass is 16.6. The van der Waals surface area contributed by atoms with Crippen molar-refractivity contribution >= 4 is 12.0 Å². The Morgan fingerprint density at radius 1 is 1.07 bits per heavy atom. The number of carbonyl (C=O) groups excluding carboxylic acids is 1. The lowest BCUT2D eigenvalue weighted by molar-refractivity contribution is -0.129. The Bertz CT molecular complexity index is 987. The molecule has 0 aliphatic rings. The van der Waals surface area contributed by atoms with Crippen molar-refractivity contribution in [3.63, 3.8) is 0 Å². The molecule has 0 aliphatic heterocycles. The van der Waals surface area contributed by atoms with Crippen molar-refractivity contribution < 1.29 is 9.63 Å². The van der Waals surface area contributed by atoms with E-state index in [9.17, 15) is 9.59 Å². The van der Waals surface area contributed by atoms with Crippen LogP contribution in [-0.4, -0.2) is 10.5 Å². The van der Waals surface area contributed by atoms with Crippen LogP contribution in [0.1, 0.15) is 16.7 Å². The SMILES string of the molecule is Cc1cc(-n2ccc(=O)cc2)ccc1C=CC(=O)NOCc1ccccc1. The molecule has 0 atom stereocenters. The van der Waals surface area contributed by atoms with Gasteiger partial charge in [-0.1, -0.05) is 36.4 Å². The average molecular weight is 360 g/mol. The quantitative estimate of drug-likeness (QED) is 0.541. The van der Waals surface area contributed by atoms with Gasteiger partial charge in [0, 0.05) is 36.3 Å². The van der Waals surface area contributed by atoms with Gasteiger partial charge in [-0.15, -0.1) is 0 Å². The first-order valence-corrected chi connectivity index (χ1v) is 8.55. The number of amides is 1. The van der Waals surface area contributed by atoms with Gasteiger partial charge in [-0.05, 0) is 41.8 Å². The fourth-order valence-corrected chi connectivity index (χ4v) is 2.56. The molecule has 136 valence electrons. The molecule has 3 rings (SSSR count). The third kappa shape index (κ3) is 5.26. The summed E-state index contributed by atoms with van der Waals surface area (Å²) in [6, 6.07) is 18.5. The van der Waals surface area contributed by atoms with Crippen LogP contribution in [0, 0.1) is 6.92 Å². The van der Waals surface area contributed by atoms with Gasteiger partial charge in [0.15, 0.2) is 5.43 Å². The molecular formula is C22H20N2O3. The Labute approximate surface area is 157 Å². The first kappa shape index (κ1) is 18.4. The lowest BCUT2D eigenvalue weighted by Gasteiger charge is -2.09. The van der Waals surface area contributed by atoms with Crippen LogP contribution in [0.15, 0.2) is 83.9 Å². The molecule has 0 bridgehead atoms. The number of pyridine rings is 1. The van der Waals surface area contributed by atoms with Crippen LogP contribution in [0.5, 0.6) is 0 Å². The molecule has 3 aromatic rings. The van der Waals surface area contributed by atoms with Crippen LogP contribution < -0.4 is 10.9 Å². The van der Waals surface area contributed by atoms with Crippen molar-refractivity contribution in [3.05, 3.63) is 106 Å². The van der Waals surface area contributed by atoms with Gasteiger partial charge in [0.1, 0.15) is 0 Å². The molecule has 0 fully saturated rings. The normalized spacial score (nSPS) is 10.9. The minimum atomic E-state index is -0.324.